The Kier molecular flexibility index (Phi) is 4.14. The van der Waals surface area contributed by atoms with Gasteiger partial charge in [0, 0.05) is 18.2 Å². The molecule has 0 aliphatic carbocycles. The highest BCUT2D eigenvalue weighted by molar-refractivity contribution is 5.88. The summed E-state index contributed by atoms with van der Waals surface area (Å²) in [6.07, 6.45) is 3.72. The molecule has 2 N–H and O–H groups in total. The summed E-state index contributed by atoms with van der Waals surface area (Å²) in [6, 6.07) is 0.857. The average Bonchev–Trinajstić information content (AvgIpc) is 2.01. The van der Waals surface area contributed by atoms with Gasteiger partial charge in [-0.3, -0.25) is 4.79 Å². The lowest BCUT2D eigenvalue weighted by molar-refractivity contribution is -0.117. The van der Waals surface area contributed by atoms with E-state index in [9.17, 15) is 4.79 Å². The van der Waals surface area contributed by atoms with Crippen molar-refractivity contribution in [3.8, 4) is 0 Å². The second-order valence-electron chi connectivity index (χ2n) is 4.31. The number of piperidine rings is 1. The maximum atomic E-state index is 11.4. The van der Waals surface area contributed by atoms with Crippen molar-refractivity contribution < 1.29 is 4.79 Å². The number of hydrogen-bond acceptors (Lipinski definition) is 2. The summed E-state index contributed by atoms with van der Waals surface area (Å²) >= 11 is 0. The van der Waals surface area contributed by atoms with Crippen molar-refractivity contribution in [2.24, 2.45) is 0 Å². The molecule has 2 unspecified atom stereocenters. The van der Waals surface area contributed by atoms with Gasteiger partial charge in [-0.15, -0.1) is 0 Å². The van der Waals surface area contributed by atoms with Crippen molar-refractivity contribution in [3.63, 3.8) is 0 Å². The summed E-state index contributed by atoms with van der Waals surface area (Å²) in [4.78, 5) is 11.4. The van der Waals surface area contributed by atoms with E-state index < -0.39 is 0 Å². The van der Waals surface area contributed by atoms with Gasteiger partial charge in [0.25, 0.3) is 0 Å². The van der Waals surface area contributed by atoms with Gasteiger partial charge in [-0.1, -0.05) is 5.57 Å². The highest BCUT2D eigenvalue weighted by Crippen LogP contribution is 2.07. The summed E-state index contributed by atoms with van der Waals surface area (Å²) in [5.74, 6) is 0.0455. The molecule has 0 aromatic heterocycles. The van der Waals surface area contributed by atoms with Crippen LogP contribution >= 0.6 is 0 Å². The van der Waals surface area contributed by atoms with Crippen molar-refractivity contribution in [1.82, 2.24) is 10.6 Å². The van der Waals surface area contributed by atoms with Gasteiger partial charge in [0.1, 0.15) is 0 Å². The number of carbonyl (C=O) groups is 1. The van der Waals surface area contributed by atoms with Gasteiger partial charge in [-0.05, 0) is 40.2 Å². The number of amides is 1. The zero-order valence-corrected chi connectivity index (χ0v) is 9.26. The maximum absolute atomic E-state index is 11.4. The SMILES string of the molecule is CC(C)=CC(=O)NC1CCNC(C)C1. The van der Waals surface area contributed by atoms with E-state index in [1.807, 2.05) is 13.8 Å². The molecule has 0 radical (unpaired) electrons. The molecule has 0 aromatic carbocycles. The van der Waals surface area contributed by atoms with E-state index in [1.54, 1.807) is 6.08 Å². The van der Waals surface area contributed by atoms with Crippen LogP contribution in [0.2, 0.25) is 0 Å². The summed E-state index contributed by atoms with van der Waals surface area (Å²) in [7, 11) is 0. The van der Waals surface area contributed by atoms with Crippen molar-refractivity contribution in [2.75, 3.05) is 6.54 Å². The second kappa shape index (κ2) is 5.15. The van der Waals surface area contributed by atoms with Crippen LogP contribution in [0.1, 0.15) is 33.6 Å². The topological polar surface area (TPSA) is 41.1 Å². The van der Waals surface area contributed by atoms with E-state index >= 15 is 0 Å². The minimum absolute atomic E-state index is 0.0455. The minimum Gasteiger partial charge on any atom is -0.350 e. The molecule has 1 heterocycles. The predicted octanol–water partition coefficient (Wildman–Crippen LogP) is 1.21. The number of carbonyl (C=O) groups excluding carboxylic acids is 1. The zero-order valence-electron chi connectivity index (χ0n) is 9.26. The molecular formula is C11H20N2O. The van der Waals surface area contributed by atoms with E-state index in [1.165, 1.54) is 0 Å². The highest BCUT2D eigenvalue weighted by atomic mass is 16.1. The second-order valence-corrected chi connectivity index (χ2v) is 4.31. The van der Waals surface area contributed by atoms with E-state index in [0.29, 0.717) is 12.1 Å². The first-order chi connectivity index (χ1) is 6.58. The third-order valence-electron chi connectivity index (χ3n) is 2.39. The summed E-state index contributed by atoms with van der Waals surface area (Å²) in [6.45, 7) is 7.02. The Bertz CT molecular complexity index is 231. The van der Waals surface area contributed by atoms with E-state index in [0.717, 1.165) is 25.0 Å². The fourth-order valence-electron chi connectivity index (χ4n) is 1.77. The number of nitrogens with one attached hydrogen (secondary N) is 2. The van der Waals surface area contributed by atoms with Gasteiger partial charge in [-0.2, -0.15) is 0 Å². The molecule has 1 aliphatic heterocycles. The molecule has 1 saturated heterocycles. The van der Waals surface area contributed by atoms with E-state index in [-0.39, 0.29) is 5.91 Å². The Balaban J connectivity index is 2.36. The molecule has 80 valence electrons. The van der Waals surface area contributed by atoms with Gasteiger partial charge < -0.3 is 10.6 Å². The smallest absolute Gasteiger partial charge is 0.244 e. The first-order valence-corrected chi connectivity index (χ1v) is 5.26. The molecule has 1 fully saturated rings. The van der Waals surface area contributed by atoms with Gasteiger partial charge in [-0.25, -0.2) is 0 Å². The van der Waals surface area contributed by atoms with Crippen LogP contribution in [0.5, 0.6) is 0 Å². The van der Waals surface area contributed by atoms with Crippen molar-refractivity contribution >= 4 is 5.91 Å². The van der Waals surface area contributed by atoms with Crippen LogP contribution in [-0.2, 0) is 4.79 Å². The quantitative estimate of drug-likeness (QED) is 0.652. The highest BCUT2D eigenvalue weighted by Gasteiger charge is 2.18. The number of allylic oxidation sites excluding steroid dienone is 1. The molecule has 0 aromatic rings. The van der Waals surface area contributed by atoms with Crippen LogP contribution in [0.4, 0.5) is 0 Å². The Hall–Kier alpha value is -0.830. The first-order valence-electron chi connectivity index (χ1n) is 5.26. The summed E-state index contributed by atoms with van der Waals surface area (Å²) in [5, 5.41) is 6.38. The lowest BCUT2D eigenvalue weighted by atomic mass is 10.0. The third-order valence-corrected chi connectivity index (χ3v) is 2.39. The Morgan fingerprint density at radius 3 is 2.79 bits per heavy atom. The first kappa shape index (κ1) is 11.2. The van der Waals surface area contributed by atoms with Gasteiger partial charge >= 0.3 is 0 Å². The van der Waals surface area contributed by atoms with Crippen molar-refractivity contribution in [2.45, 2.75) is 45.7 Å². The van der Waals surface area contributed by atoms with Crippen LogP contribution in [0, 0.1) is 0 Å². The summed E-state index contributed by atoms with van der Waals surface area (Å²) < 4.78 is 0. The van der Waals surface area contributed by atoms with Crippen molar-refractivity contribution in [3.05, 3.63) is 11.6 Å². The molecule has 0 saturated carbocycles. The van der Waals surface area contributed by atoms with E-state index in [4.69, 9.17) is 0 Å². The standard InChI is InChI=1S/C11H20N2O/c1-8(2)6-11(14)13-10-4-5-12-9(3)7-10/h6,9-10,12H,4-5,7H2,1-3H3,(H,13,14). The molecule has 14 heavy (non-hydrogen) atoms. The van der Waals surface area contributed by atoms with Crippen LogP contribution < -0.4 is 10.6 Å². The molecule has 0 spiro atoms. The van der Waals surface area contributed by atoms with Crippen molar-refractivity contribution in [1.29, 1.82) is 0 Å². The summed E-state index contributed by atoms with van der Waals surface area (Å²) in [5.41, 5.74) is 1.05. The Morgan fingerprint density at radius 2 is 2.21 bits per heavy atom. The average molecular weight is 196 g/mol. The van der Waals surface area contributed by atoms with Crippen LogP contribution in [0.15, 0.2) is 11.6 Å². The van der Waals surface area contributed by atoms with Crippen LogP contribution in [-0.4, -0.2) is 24.5 Å². The van der Waals surface area contributed by atoms with E-state index in [2.05, 4.69) is 17.6 Å². The lowest BCUT2D eigenvalue weighted by Gasteiger charge is -2.28. The van der Waals surface area contributed by atoms with Gasteiger partial charge in [0.15, 0.2) is 0 Å². The monoisotopic (exact) mass is 196 g/mol. The number of hydrogen-bond donors (Lipinski definition) is 2. The molecular weight excluding hydrogens is 176 g/mol. The normalized spacial score (nSPS) is 26.8. The largest absolute Gasteiger partial charge is 0.350 e. The molecule has 1 amide bonds. The Morgan fingerprint density at radius 1 is 1.50 bits per heavy atom. The third kappa shape index (κ3) is 3.92. The minimum atomic E-state index is 0.0455. The maximum Gasteiger partial charge on any atom is 0.244 e. The van der Waals surface area contributed by atoms with Crippen LogP contribution in [0.25, 0.3) is 0 Å². The molecule has 3 nitrogen and oxygen atoms in total. The fourth-order valence-corrected chi connectivity index (χ4v) is 1.77. The van der Waals surface area contributed by atoms with Gasteiger partial charge in [0.2, 0.25) is 5.91 Å². The fraction of sp³-hybridized carbons (Fsp3) is 0.727. The van der Waals surface area contributed by atoms with Crippen LogP contribution in [0.3, 0.4) is 0 Å². The molecule has 0 bridgehead atoms. The molecule has 2 atom stereocenters. The number of rotatable bonds is 2. The molecule has 3 heteroatoms. The zero-order chi connectivity index (χ0) is 10.6. The lowest BCUT2D eigenvalue weighted by Crippen LogP contribution is -2.46. The predicted molar refractivity (Wildman–Crippen MR) is 58.1 cm³/mol. The van der Waals surface area contributed by atoms with Gasteiger partial charge in [0.05, 0.1) is 0 Å². The Labute approximate surface area is 86.0 Å². The molecule has 1 rings (SSSR count). The molecule has 1 aliphatic rings.